The predicted molar refractivity (Wildman–Crippen MR) is 67.1 cm³/mol. The van der Waals surface area contributed by atoms with Crippen LogP contribution in [0.5, 0.6) is 5.75 Å². The number of benzene rings is 1. The fourth-order valence-corrected chi connectivity index (χ4v) is 3.08. The monoisotopic (exact) mass is 298 g/mol. The molecule has 3 nitrogen and oxygen atoms in total. The Labute approximate surface area is 109 Å². The Morgan fingerprint density at radius 1 is 1.47 bits per heavy atom. The van der Waals surface area contributed by atoms with E-state index in [-0.39, 0.29) is 11.7 Å². The maximum Gasteiger partial charge on any atom is 0.140 e. The zero-order valence-corrected chi connectivity index (χ0v) is 11.2. The van der Waals surface area contributed by atoms with Gasteiger partial charge in [-0.25, -0.2) is 0 Å². The molecule has 2 aliphatic rings. The van der Waals surface area contributed by atoms with Gasteiger partial charge >= 0.3 is 0 Å². The number of fused-ring (bicyclic) bond motifs is 1. The quantitative estimate of drug-likeness (QED) is 0.800. The van der Waals surface area contributed by atoms with Gasteiger partial charge in [-0.2, -0.15) is 0 Å². The van der Waals surface area contributed by atoms with Crippen molar-refractivity contribution < 1.29 is 14.6 Å². The van der Waals surface area contributed by atoms with Gasteiger partial charge in [-0.3, -0.25) is 0 Å². The lowest BCUT2D eigenvalue weighted by molar-refractivity contribution is -0.0565. The van der Waals surface area contributed by atoms with Crippen LogP contribution in [0.25, 0.3) is 0 Å². The van der Waals surface area contributed by atoms with Gasteiger partial charge < -0.3 is 14.6 Å². The zero-order chi connectivity index (χ0) is 12.0. The smallest absolute Gasteiger partial charge is 0.140 e. The summed E-state index contributed by atoms with van der Waals surface area (Å²) < 4.78 is 12.7. The summed E-state index contributed by atoms with van der Waals surface area (Å²) in [6, 6.07) is 5.76. The maximum atomic E-state index is 10.2. The average molecular weight is 299 g/mol. The van der Waals surface area contributed by atoms with Crippen LogP contribution in [-0.2, 0) is 4.74 Å². The van der Waals surface area contributed by atoms with E-state index in [0.717, 1.165) is 22.2 Å². The number of aliphatic hydroxyl groups is 1. The highest BCUT2D eigenvalue weighted by atomic mass is 79.9. The molecule has 92 valence electrons. The number of halogens is 1. The topological polar surface area (TPSA) is 38.7 Å². The van der Waals surface area contributed by atoms with Crippen molar-refractivity contribution in [2.24, 2.45) is 0 Å². The molecule has 0 aromatic heterocycles. The molecule has 0 radical (unpaired) electrons. The van der Waals surface area contributed by atoms with Crippen LogP contribution in [0, 0.1) is 0 Å². The van der Waals surface area contributed by atoms with E-state index in [9.17, 15) is 5.11 Å². The van der Waals surface area contributed by atoms with Gasteiger partial charge in [0.2, 0.25) is 0 Å². The van der Waals surface area contributed by atoms with Crippen molar-refractivity contribution in [2.75, 3.05) is 6.61 Å². The van der Waals surface area contributed by atoms with Crippen LogP contribution >= 0.6 is 15.9 Å². The van der Waals surface area contributed by atoms with Gasteiger partial charge in [0, 0.05) is 22.9 Å². The molecule has 1 fully saturated rings. The standard InChI is InChI=1S/C13H15BrO3/c1-8-13(4-5-16-8)7-11(15)10-3-2-9(14)6-12(10)17-13/h2-3,6,8,11,15H,4-5,7H2,1H3. The van der Waals surface area contributed by atoms with E-state index in [2.05, 4.69) is 15.9 Å². The minimum absolute atomic E-state index is 0.0317. The lowest BCUT2D eigenvalue weighted by atomic mass is 9.84. The first-order chi connectivity index (χ1) is 8.11. The Morgan fingerprint density at radius 3 is 3.00 bits per heavy atom. The molecule has 17 heavy (non-hydrogen) atoms. The highest BCUT2D eigenvalue weighted by Crippen LogP contribution is 2.46. The summed E-state index contributed by atoms with van der Waals surface area (Å²) in [6.45, 7) is 2.72. The second kappa shape index (κ2) is 3.97. The molecule has 4 heteroatoms. The lowest BCUT2D eigenvalue weighted by Gasteiger charge is -2.40. The van der Waals surface area contributed by atoms with E-state index in [1.807, 2.05) is 25.1 Å². The predicted octanol–water partition coefficient (Wildman–Crippen LogP) is 2.81. The van der Waals surface area contributed by atoms with E-state index >= 15 is 0 Å². The van der Waals surface area contributed by atoms with E-state index in [1.54, 1.807) is 0 Å². The molecule has 1 spiro atoms. The van der Waals surface area contributed by atoms with E-state index in [0.29, 0.717) is 13.0 Å². The highest BCUT2D eigenvalue weighted by Gasteiger charge is 2.48. The van der Waals surface area contributed by atoms with E-state index in [1.165, 1.54) is 0 Å². The molecule has 3 unspecified atom stereocenters. The van der Waals surface area contributed by atoms with Crippen LogP contribution < -0.4 is 4.74 Å². The molecule has 0 amide bonds. The first-order valence-corrected chi connectivity index (χ1v) is 6.68. The summed E-state index contributed by atoms with van der Waals surface area (Å²) in [5.74, 6) is 0.774. The molecule has 0 saturated carbocycles. The molecule has 2 aliphatic heterocycles. The second-order valence-electron chi connectivity index (χ2n) is 4.83. The SMILES string of the molecule is CC1OCCC12CC(O)c1ccc(Br)cc1O2. The van der Waals surface area contributed by atoms with Crippen LogP contribution in [0.4, 0.5) is 0 Å². The molecule has 0 aliphatic carbocycles. The van der Waals surface area contributed by atoms with Crippen LogP contribution in [0.1, 0.15) is 31.4 Å². The summed E-state index contributed by atoms with van der Waals surface area (Å²) in [4.78, 5) is 0. The fraction of sp³-hybridized carbons (Fsp3) is 0.538. The van der Waals surface area contributed by atoms with Crippen LogP contribution in [-0.4, -0.2) is 23.4 Å². The Balaban J connectivity index is 2.02. The van der Waals surface area contributed by atoms with Crippen LogP contribution in [0.3, 0.4) is 0 Å². The van der Waals surface area contributed by atoms with Gasteiger partial charge in [0.15, 0.2) is 0 Å². The summed E-state index contributed by atoms with van der Waals surface area (Å²) >= 11 is 3.43. The van der Waals surface area contributed by atoms with Crippen LogP contribution in [0.2, 0.25) is 0 Å². The van der Waals surface area contributed by atoms with Crippen LogP contribution in [0.15, 0.2) is 22.7 Å². The highest BCUT2D eigenvalue weighted by molar-refractivity contribution is 9.10. The second-order valence-corrected chi connectivity index (χ2v) is 5.75. The first kappa shape index (κ1) is 11.5. The third kappa shape index (κ3) is 1.79. The van der Waals surface area contributed by atoms with Gasteiger partial charge in [0.05, 0.1) is 18.8 Å². The number of hydrogen-bond donors (Lipinski definition) is 1. The normalized spacial score (nSPS) is 35.7. The summed E-state index contributed by atoms with van der Waals surface area (Å²) in [7, 11) is 0. The van der Waals surface area contributed by atoms with Gasteiger partial charge in [-0.15, -0.1) is 0 Å². The number of ether oxygens (including phenoxy) is 2. The Bertz CT molecular complexity index is 448. The molecule has 3 atom stereocenters. The molecular formula is C13H15BrO3. The first-order valence-electron chi connectivity index (χ1n) is 5.89. The van der Waals surface area contributed by atoms with Crippen molar-refractivity contribution in [3.05, 3.63) is 28.2 Å². The lowest BCUT2D eigenvalue weighted by Crippen LogP contribution is -2.46. The van der Waals surface area contributed by atoms with Gasteiger partial charge in [0.1, 0.15) is 11.4 Å². The van der Waals surface area contributed by atoms with E-state index in [4.69, 9.17) is 9.47 Å². The Hall–Kier alpha value is -0.580. The molecule has 1 aromatic carbocycles. The molecule has 1 aromatic rings. The number of aliphatic hydroxyl groups excluding tert-OH is 1. The fourth-order valence-electron chi connectivity index (χ4n) is 2.74. The van der Waals surface area contributed by atoms with Crippen molar-refractivity contribution in [3.63, 3.8) is 0 Å². The minimum Gasteiger partial charge on any atom is -0.484 e. The molecule has 2 heterocycles. The molecule has 1 saturated heterocycles. The Kier molecular flexibility index (Phi) is 2.69. The van der Waals surface area contributed by atoms with Crippen molar-refractivity contribution >= 4 is 15.9 Å². The van der Waals surface area contributed by atoms with Crippen molar-refractivity contribution in [1.82, 2.24) is 0 Å². The molecule has 0 bridgehead atoms. The van der Waals surface area contributed by atoms with Crippen molar-refractivity contribution in [1.29, 1.82) is 0 Å². The summed E-state index contributed by atoms with van der Waals surface area (Å²) in [5, 5.41) is 10.2. The third-order valence-corrected chi connectivity index (χ3v) is 4.31. The Morgan fingerprint density at radius 2 is 2.29 bits per heavy atom. The molecule has 3 rings (SSSR count). The average Bonchev–Trinajstić information content (AvgIpc) is 2.59. The largest absolute Gasteiger partial charge is 0.484 e. The summed E-state index contributed by atoms with van der Waals surface area (Å²) in [6.07, 6.45) is 1.03. The van der Waals surface area contributed by atoms with Gasteiger partial charge in [0.25, 0.3) is 0 Å². The maximum absolute atomic E-state index is 10.2. The van der Waals surface area contributed by atoms with Crippen molar-refractivity contribution in [3.8, 4) is 5.75 Å². The summed E-state index contributed by atoms with van der Waals surface area (Å²) in [5.41, 5.74) is 0.519. The third-order valence-electron chi connectivity index (χ3n) is 3.82. The molecular weight excluding hydrogens is 284 g/mol. The van der Waals surface area contributed by atoms with E-state index < -0.39 is 6.10 Å². The molecule has 1 N–H and O–H groups in total. The van der Waals surface area contributed by atoms with Gasteiger partial charge in [-0.05, 0) is 19.1 Å². The van der Waals surface area contributed by atoms with Crippen molar-refractivity contribution in [2.45, 2.75) is 37.6 Å². The number of rotatable bonds is 0. The minimum atomic E-state index is -0.462. The zero-order valence-electron chi connectivity index (χ0n) is 9.65. The van der Waals surface area contributed by atoms with Gasteiger partial charge in [-0.1, -0.05) is 22.0 Å². The number of hydrogen-bond acceptors (Lipinski definition) is 3.